The van der Waals surface area contributed by atoms with Crippen LogP contribution in [0.4, 0.5) is 10.1 Å². The number of halogens is 1. The summed E-state index contributed by atoms with van der Waals surface area (Å²) in [6.45, 7) is 3.44. The Morgan fingerprint density at radius 2 is 2.12 bits per heavy atom. The number of hydrogen-bond donors (Lipinski definition) is 2. The van der Waals surface area contributed by atoms with Gasteiger partial charge in [-0.3, -0.25) is 4.79 Å². The molecule has 0 radical (unpaired) electrons. The lowest BCUT2D eigenvalue weighted by Gasteiger charge is -2.22. The second kappa shape index (κ2) is 4.93. The number of likely N-dealkylation sites (N-methyl/N-ethyl adjacent to an activating group) is 1. The smallest absolute Gasteiger partial charge is 0.244 e. The lowest BCUT2D eigenvalue weighted by Crippen LogP contribution is -2.47. The van der Waals surface area contributed by atoms with Crippen LogP contribution in [0.5, 0.6) is 0 Å². The van der Waals surface area contributed by atoms with Crippen LogP contribution in [0.25, 0.3) is 0 Å². The predicted molar refractivity (Wildman–Crippen MR) is 62.9 cm³/mol. The second-order valence-corrected chi connectivity index (χ2v) is 4.14. The molecule has 0 fully saturated rings. The van der Waals surface area contributed by atoms with Crippen molar-refractivity contribution < 1.29 is 9.18 Å². The molecule has 90 valence electrons. The summed E-state index contributed by atoms with van der Waals surface area (Å²) in [6.07, 6.45) is 0. The van der Waals surface area contributed by atoms with E-state index in [1.807, 2.05) is 0 Å². The average molecular weight is 235 g/mol. The number of benzene rings is 1. The van der Waals surface area contributed by atoms with Crippen LogP contribution in [0, 0.1) is 17.1 Å². The highest BCUT2D eigenvalue weighted by Gasteiger charge is 2.25. The van der Waals surface area contributed by atoms with Gasteiger partial charge in [0.05, 0.1) is 11.1 Å². The average Bonchev–Trinajstić information content (AvgIpc) is 2.31. The van der Waals surface area contributed by atoms with Crippen molar-refractivity contribution in [2.24, 2.45) is 0 Å². The standard InChI is InChI=1S/C12H14FN3O/c1-12(2,15-3)11(17)16-9-4-5-10(13)8(6-9)7-14/h4-6,15H,1-3H3,(H,16,17). The Bertz CT molecular complexity index is 477. The summed E-state index contributed by atoms with van der Waals surface area (Å²) in [4.78, 5) is 11.8. The molecule has 0 unspecified atom stereocenters. The maximum atomic E-state index is 13.1. The van der Waals surface area contributed by atoms with Crippen LogP contribution < -0.4 is 10.6 Å². The normalized spacial score (nSPS) is 10.8. The number of amides is 1. The van der Waals surface area contributed by atoms with Crippen molar-refractivity contribution in [3.63, 3.8) is 0 Å². The van der Waals surface area contributed by atoms with Gasteiger partial charge < -0.3 is 10.6 Å². The molecule has 0 saturated carbocycles. The Morgan fingerprint density at radius 1 is 1.47 bits per heavy atom. The molecule has 0 aliphatic heterocycles. The molecule has 0 aromatic heterocycles. The fourth-order valence-corrected chi connectivity index (χ4v) is 1.09. The van der Waals surface area contributed by atoms with E-state index in [1.165, 1.54) is 12.1 Å². The van der Waals surface area contributed by atoms with Crippen LogP contribution in [-0.2, 0) is 4.79 Å². The highest BCUT2D eigenvalue weighted by Crippen LogP contribution is 2.15. The number of hydrogen-bond acceptors (Lipinski definition) is 3. The molecule has 1 aromatic rings. The van der Waals surface area contributed by atoms with Gasteiger partial charge in [-0.1, -0.05) is 0 Å². The van der Waals surface area contributed by atoms with Gasteiger partial charge in [-0.25, -0.2) is 4.39 Å². The van der Waals surface area contributed by atoms with Gasteiger partial charge in [0.25, 0.3) is 0 Å². The molecule has 0 aliphatic rings. The van der Waals surface area contributed by atoms with Gasteiger partial charge in [-0.15, -0.1) is 0 Å². The quantitative estimate of drug-likeness (QED) is 0.837. The molecule has 1 amide bonds. The summed E-state index contributed by atoms with van der Waals surface area (Å²) < 4.78 is 13.1. The first kappa shape index (κ1) is 13.1. The Morgan fingerprint density at radius 3 is 2.65 bits per heavy atom. The third-order valence-corrected chi connectivity index (χ3v) is 2.54. The Labute approximate surface area is 99.4 Å². The number of carbonyl (C=O) groups excluding carboxylic acids is 1. The van der Waals surface area contributed by atoms with Crippen LogP contribution in [0.3, 0.4) is 0 Å². The maximum absolute atomic E-state index is 13.1. The van der Waals surface area contributed by atoms with E-state index in [0.29, 0.717) is 5.69 Å². The zero-order chi connectivity index (χ0) is 13.1. The van der Waals surface area contributed by atoms with Crippen molar-refractivity contribution in [3.8, 4) is 6.07 Å². The summed E-state index contributed by atoms with van der Waals surface area (Å²) in [5, 5.41) is 14.1. The van der Waals surface area contributed by atoms with Crippen LogP contribution in [0.2, 0.25) is 0 Å². The van der Waals surface area contributed by atoms with Crippen LogP contribution >= 0.6 is 0 Å². The van der Waals surface area contributed by atoms with E-state index < -0.39 is 11.4 Å². The van der Waals surface area contributed by atoms with E-state index >= 15 is 0 Å². The summed E-state index contributed by atoms with van der Waals surface area (Å²) in [6, 6.07) is 5.59. The number of nitriles is 1. The zero-order valence-corrected chi connectivity index (χ0v) is 9.97. The maximum Gasteiger partial charge on any atom is 0.244 e. The van der Waals surface area contributed by atoms with Crippen molar-refractivity contribution in [1.29, 1.82) is 5.26 Å². The molecule has 0 aliphatic carbocycles. The molecule has 1 rings (SSSR count). The topological polar surface area (TPSA) is 64.9 Å². The van der Waals surface area contributed by atoms with Crippen LogP contribution in [0.1, 0.15) is 19.4 Å². The molecule has 4 nitrogen and oxygen atoms in total. The fraction of sp³-hybridized carbons (Fsp3) is 0.333. The molecular formula is C12H14FN3O. The number of nitrogens with one attached hydrogen (secondary N) is 2. The van der Waals surface area contributed by atoms with Gasteiger partial charge >= 0.3 is 0 Å². The SMILES string of the molecule is CNC(C)(C)C(=O)Nc1ccc(F)c(C#N)c1. The minimum Gasteiger partial charge on any atom is -0.324 e. The van der Waals surface area contributed by atoms with E-state index in [0.717, 1.165) is 6.07 Å². The first-order chi connectivity index (χ1) is 7.90. The van der Waals surface area contributed by atoms with Crippen molar-refractivity contribution in [2.75, 3.05) is 12.4 Å². The predicted octanol–water partition coefficient (Wildman–Crippen LogP) is 1.63. The van der Waals surface area contributed by atoms with Crippen LogP contribution in [0.15, 0.2) is 18.2 Å². The number of nitrogens with zero attached hydrogens (tertiary/aromatic N) is 1. The molecule has 0 spiro atoms. The van der Waals surface area contributed by atoms with Gasteiger partial charge in [-0.2, -0.15) is 5.26 Å². The Kier molecular flexibility index (Phi) is 3.81. The highest BCUT2D eigenvalue weighted by molar-refractivity contribution is 5.97. The van der Waals surface area contributed by atoms with Crippen LogP contribution in [-0.4, -0.2) is 18.5 Å². The largest absolute Gasteiger partial charge is 0.324 e. The lowest BCUT2D eigenvalue weighted by atomic mass is 10.0. The summed E-state index contributed by atoms with van der Waals surface area (Å²) in [5.74, 6) is -0.853. The minimum atomic E-state index is -0.735. The van der Waals surface area contributed by atoms with Gasteiger partial charge in [0.15, 0.2) is 0 Å². The second-order valence-electron chi connectivity index (χ2n) is 4.14. The number of carbonyl (C=O) groups is 1. The van der Waals surface area contributed by atoms with E-state index in [-0.39, 0.29) is 11.5 Å². The molecule has 2 N–H and O–H groups in total. The molecular weight excluding hydrogens is 221 g/mol. The zero-order valence-electron chi connectivity index (χ0n) is 9.97. The molecule has 0 bridgehead atoms. The first-order valence-electron chi connectivity index (χ1n) is 5.10. The molecule has 5 heteroatoms. The van der Waals surface area contributed by atoms with Gasteiger partial charge in [-0.05, 0) is 39.1 Å². The molecule has 0 saturated heterocycles. The van der Waals surface area contributed by atoms with E-state index in [4.69, 9.17) is 5.26 Å². The third kappa shape index (κ3) is 3.02. The third-order valence-electron chi connectivity index (χ3n) is 2.54. The molecule has 0 atom stereocenters. The monoisotopic (exact) mass is 235 g/mol. The van der Waals surface area contributed by atoms with Crippen molar-refractivity contribution in [2.45, 2.75) is 19.4 Å². The van der Waals surface area contributed by atoms with E-state index in [1.54, 1.807) is 27.0 Å². The van der Waals surface area contributed by atoms with Gasteiger partial charge in [0.2, 0.25) is 5.91 Å². The summed E-state index contributed by atoms with van der Waals surface area (Å²) >= 11 is 0. The number of anilines is 1. The van der Waals surface area contributed by atoms with Gasteiger partial charge in [0, 0.05) is 5.69 Å². The first-order valence-corrected chi connectivity index (χ1v) is 5.10. The lowest BCUT2D eigenvalue weighted by molar-refractivity contribution is -0.121. The van der Waals surface area contributed by atoms with E-state index in [2.05, 4.69) is 10.6 Å². The van der Waals surface area contributed by atoms with Gasteiger partial charge in [0.1, 0.15) is 11.9 Å². The molecule has 1 aromatic carbocycles. The Hall–Kier alpha value is -1.93. The van der Waals surface area contributed by atoms with Crippen molar-refractivity contribution >= 4 is 11.6 Å². The van der Waals surface area contributed by atoms with E-state index in [9.17, 15) is 9.18 Å². The minimum absolute atomic E-state index is 0.0925. The van der Waals surface area contributed by atoms with Crippen molar-refractivity contribution in [3.05, 3.63) is 29.6 Å². The molecule has 0 heterocycles. The molecule has 17 heavy (non-hydrogen) atoms. The summed E-state index contributed by atoms with van der Waals surface area (Å²) in [5.41, 5.74) is -0.428. The Balaban J connectivity index is 2.91. The highest BCUT2D eigenvalue weighted by atomic mass is 19.1. The van der Waals surface area contributed by atoms with Crippen molar-refractivity contribution in [1.82, 2.24) is 5.32 Å². The fourth-order valence-electron chi connectivity index (χ4n) is 1.09. The summed E-state index contributed by atoms with van der Waals surface area (Å²) in [7, 11) is 1.67. The number of rotatable bonds is 3.